The van der Waals surface area contributed by atoms with Crippen LogP contribution in [0.4, 0.5) is 5.00 Å². The van der Waals surface area contributed by atoms with Gasteiger partial charge >= 0.3 is 5.97 Å². The minimum absolute atomic E-state index is 0.136. The van der Waals surface area contributed by atoms with Crippen molar-refractivity contribution in [3.05, 3.63) is 45.8 Å². The number of esters is 1. The first-order valence-electron chi connectivity index (χ1n) is 10.1. The fourth-order valence-electron chi connectivity index (χ4n) is 3.78. The maximum atomic E-state index is 12.5. The molecule has 0 saturated carbocycles. The lowest BCUT2D eigenvalue weighted by Gasteiger charge is -2.33. The molecular weight excluding hydrogens is 432 g/mol. The van der Waals surface area contributed by atoms with E-state index < -0.39 is 5.97 Å². The van der Waals surface area contributed by atoms with Crippen molar-refractivity contribution in [3.63, 3.8) is 0 Å². The van der Waals surface area contributed by atoms with Crippen LogP contribution < -0.4 is 15.4 Å². The van der Waals surface area contributed by atoms with Crippen molar-refractivity contribution in [1.29, 1.82) is 0 Å². The molecule has 1 heterocycles. The van der Waals surface area contributed by atoms with Crippen molar-refractivity contribution >= 4 is 45.5 Å². The van der Waals surface area contributed by atoms with Crippen LogP contribution in [-0.4, -0.2) is 31.2 Å². The quantitative estimate of drug-likeness (QED) is 0.503. The third-order valence-electron chi connectivity index (χ3n) is 5.69. The molecule has 0 radical (unpaired) electrons. The van der Waals surface area contributed by atoms with Crippen LogP contribution >= 0.6 is 23.6 Å². The van der Waals surface area contributed by atoms with E-state index in [1.807, 2.05) is 0 Å². The number of benzene rings is 1. The highest BCUT2D eigenvalue weighted by molar-refractivity contribution is 7.80. The lowest BCUT2D eigenvalue weighted by Crippen LogP contribution is -2.34. The van der Waals surface area contributed by atoms with Crippen LogP contribution in [0.25, 0.3) is 0 Å². The zero-order valence-electron chi connectivity index (χ0n) is 18.5. The summed E-state index contributed by atoms with van der Waals surface area (Å²) in [5, 5.41) is 6.48. The van der Waals surface area contributed by atoms with Gasteiger partial charge in [0.25, 0.3) is 5.91 Å². The zero-order valence-corrected chi connectivity index (χ0v) is 20.1. The molecule has 1 aliphatic rings. The summed E-state index contributed by atoms with van der Waals surface area (Å²) in [5.74, 6) is 0.476. The standard InChI is InChI=1S/C23H28N2O4S2/c1-23(2,3)14-8-11-16-17(12-14)31-20(18(16)21(27)29-5)25-22(30)24-19(26)13-6-9-15(28-4)10-7-13/h6-7,9-10,14H,8,11-12H2,1-5H3,(H2,24,25,26,30). The monoisotopic (exact) mass is 460 g/mol. The summed E-state index contributed by atoms with van der Waals surface area (Å²) in [6.45, 7) is 6.75. The predicted octanol–water partition coefficient (Wildman–Crippen LogP) is 4.82. The van der Waals surface area contributed by atoms with E-state index in [2.05, 4.69) is 31.4 Å². The smallest absolute Gasteiger partial charge is 0.341 e. The van der Waals surface area contributed by atoms with E-state index >= 15 is 0 Å². The van der Waals surface area contributed by atoms with Crippen molar-refractivity contribution in [1.82, 2.24) is 5.32 Å². The normalized spacial score (nSPS) is 15.6. The Morgan fingerprint density at radius 2 is 1.84 bits per heavy atom. The van der Waals surface area contributed by atoms with Crippen molar-refractivity contribution in [2.24, 2.45) is 11.3 Å². The van der Waals surface area contributed by atoms with Crippen molar-refractivity contribution in [3.8, 4) is 5.75 Å². The van der Waals surface area contributed by atoms with Crippen LogP contribution in [0.3, 0.4) is 0 Å². The summed E-state index contributed by atoms with van der Waals surface area (Å²) in [5.41, 5.74) is 2.21. The summed E-state index contributed by atoms with van der Waals surface area (Å²) >= 11 is 6.87. The van der Waals surface area contributed by atoms with Gasteiger partial charge in [0.05, 0.1) is 19.8 Å². The second-order valence-electron chi connectivity index (χ2n) is 8.64. The SMILES string of the molecule is COC(=O)c1c(NC(=S)NC(=O)c2ccc(OC)cc2)sc2c1CCC(C(C)(C)C)C2. The fraction of sp³-hybridized carbons (Fsp3) is 0.435. The number of thiophene rings is 1. The number of hydrogen-bond acceptors (Lipinski definition) is 6. The molecule has 0 spiro atoms. The van der Waals surface area contributed by atoms with Gasteiger partial charge in [-0.3, -0.25) is 10.1 Å². The van der Waals surface area contributed by atoms with Crippen molar-refractivity contribution in [2.75, 3.05) is 19.5 Å². The number of carbonyl (C=O) groups is 2. The molecule has 1 amide bonds. The highest BCUT2D eigenvalue weighted by Crippen LogP contribution is 2.44. The van der Waals surface area contributed by atoms with Gasteiger partial charge in [-0.05, 0) is 72.6 Å². The number of anilines is 1. The van der Waals surface area contributed by atoms with Gasteiger partial charge in [0.2, 0.25) is 0 Å². The lowest BCUT2D eigenvalue weighted by molar-refractivity contribution is 0.0600. The fourth-order valence-corrected chi connectivity index (χ4v) is 5.36. The molecule has 2 N–H and O–H groups in total. The molecule has 166 valence electrons. The van der Waals surface area contributed by atoms with E-state index in [1.54, 1.807) is 31.4 Å². The maximum absolute atomic E-state index is 12.5. The molecule has 31 heavy (non-hydrogen) atoms. The molecule has 1 aromatic heterocycles. The van der Waals surface area contributed by atoms with Crippen LogP contribution in [0.5, 0.6) is 5.75 Å². The Bertz CT molecular complexity index is 990. The largest absolute Gasteiger partial charge is 0.497 e. The van der Waals surface area contributed by atoms with E-state index in [9.17, 15) is 9.59 Å². The van der Waals surface area contributed by atoms with E-state index in [4.69, 9.17) is 21.7 Å². The molecule has 0 fully saturated rings. The number of ether oxygens (including phenoxy) is 2. The van der Waals surface area contributed by atoms with Crippen LogP contribution in [0.15, 0.2) is 24.3 Å². The van der Waals surface area contributed by atoms with Gasteiger partial charge in [-0.15, -0.1) is 11.3 Å². The third-order valence-corrected chi connectivity index (χ3v) is 7.06. The Labute approximate surface area is 192 Å². The van der Waals surface area contributed by atoms with Crippen LogP contribution in [-0.2, 0) is 17.6 Å². The molecule has 0 aliphatic heterocycles. The second kappa shape index (κ2) is 9.36. The molecule has 3 rings (SSSR count). The Morgan fingerprint density at radius 1 is 1.16 bits per heavy atom. The molecule has 6 nitrogen and oxygen atoms in total. The number of hydrogen-bond donors (Lipinski definition) is 2. The van der Waals surface area contributed by atoms with E-state index in [0.29, 0.717) is 27.8 Å². The molecular formula is C23H28N2O4S2. The van der Waals surface area contributed by atoms with Gasteiger partial charge < -0.3 is 14.8 Å². The number of nitrogens with one attached hydrogen (secondary N) is 2. The van der Waals surface area contributed by atoms with Gasteiger partial charge in [0, 0.05) is 10.4 Å². The number of methoxy groups -OCH3 is 2. The minimum atomic E-state index is -0.390. The van der Waals surface area contributed by atoms with Gasteiger partial charge in [-0.2, -0.15) is 0 Å². The van der Waals surface area contributed by atoms with Gasteiger partial charge in [0.1, 0.15) is 10.8 Å². The summed E-state index contributed by atoms with van der Waals surface area (Å²) in [6.07, 6.45) is 2.76. The number of amides is 1. The summed E-state index contributed by atoms with van der Waals surface area (Å²) in [6, 6.07) is 6.74. The average Bonchev–Trinajstić information content (AvgIpc) is 3.09. The first-order chi connectivity index (χ1) is 14.6. The molecule has 1 aromatic carbocycles. The topological polar surface area (TPSA) is 76.7 Å². The average molecular weight is 461 g/mol. The van der Waals surface area contributed by atoms with E-state index in [1.165, 1.54) is 23.3 Å². The van der Waals surface area contributed by atoms with Gasteiger partial charge in [-0.25, -0.2) is 4.79 Å². The van der Waals surface area contributed by atoms with Crippen LogP contribution in [0.1, 0.15) is 58.3 Å². The molecule has 0 saturated heterocycles. The molecule has 1 atom stereocenters. The third kappa shape index (κ3) is 5.25. The first-order valence-corrected chi connectivity index (χ1v) is 11.4. The number of carbonyl (C=O) groups excluding carboxylic acids is 2. The van der Waals surface area contributed by atoms with Crippen molar-refractivity contribution in [2.45, 2.75) is 40.0 Å². The van der Waals surface area contributed by atoms with Gasteiger partial charge in [-0.1, -0.05) is 20.8 Å². The zero-order chi connectivity index (χ0) is 22.8. The molecule has 2 aromatic rings. The second-order valence-corrected chi connectivity index (χ2v) is 10.2. The summed E-state index contributed by atoms with van der Waals surface area (Å²) in [4.78, 5) is 26.2. The Morgan fingerprint density at radius 3 is 2.42 bits per heavy atom. The molecule has 1 aliphatic carbocycles. The number of rotatable bonds is 4. The van der Waals surface area contributed by atoms with Crippen LogP contribution in [0, 0.1) is 11.3 Å². The molecule has 8 heteroatoms. The van der Waals surface area contributed by atoms with Crippen molar-refractivity contribution < 1.29 is 19.1 Å². The number of thiocarbonyl (C=S) groups is 1. The minimum Gasteiger partial charge on any atom is -0.497 e. The van der Waals surface area contributed by atoms with E-state index in [-0.39, 0.29) is 16.4 Å². The Hall–Kier alpha value is -2.45. The molecule has 0 bridgehead atoms. The maximum Gasteiger partial charge on any atom is 0.341 e. The summed E-state index contributed by atoms with van der Waals surface area (Å²) in [7, 11) is 2.94. The Kier molecular flexibility index (Phi) is 7.01. The summed E-state index contributed by atoms with van der Waals surface area (Å²) < 4.78 is 10.1. The first kappa shape index (κ1) is 23.2. The predicted molar refractivity (Wildman–Crippen MR) is 127 cm³/mol. The number of fused-ring (bicyclic) bond motifs is 1. The Balaban J connectivity index is 1.78. The highest BCUT2D eigenvalue weighted by Gasteiger charge is 2.34. The molecule has 1 unspecified atom stereocenters. The van der Waals surface area contributed by atoms with Crippen LogP contribution in [0.2, 0.25) is 0 Å². The lowest BCUT2D eigenvalue weighted by atomic mass is 9.72. The van der Waals surface area contributed by atoms with Gasteiger partial charge in [0.15, 0.2) is 5.11 Å². The van der Waals surface area contributed by atoms with E-state index in [0.717, 1.165) is 24.8 Å². The highest BCUT2D eigenvalue weighted by atomic mass is 32.1.